The minimum absolute atomic E-state index is 0.0354. The highest BCUT2D eigenvalue weighted by Gasteiger charge is 2.10. The molecule has 4 heteroatoms. The van der Waals surface area contributed by atoms with Gasteiger partial charge < -0.3 is 15.4 Å². The van der Waals surface area contributed by atoms with Crippen molar-refractivity contribution in [2.24, 2.45) is 5.73 Å². The van der Waals surface area contributed by atoms with Gasteiger partial charge in [-0.2, -0.15) is 0 Å². The first-order valence-corrected chi connectivity index (χ1v) is 6.66. The van der Waals surface area contributed by atoms with E-state index in [0.29, 0.717) is 0 Å². The summed E-state index contributed by atoms with van der Waals surface area (Å²) in [5.41, 5.74) is 8.53. The number of benzene rings is 1. The van der Waals surface area contributed by atoms with Crippen LogP contribution in [0.15, 0.2) is 48.8 Å². The highest BCUT2D eigenvalue weighted by atomic mass is 16.5. The number of pyridine rings is 1. The van der Waals surface area contributed by atoms with Gasteiger partial charge in [-0.1, -0.05) is 18.2 Å². The van der Waals surface area contributed by atoms with Crippen LogP contribution in [-0.2, 0) is 6.54 Å². The SMILES string of the molecule is COc1cccc(C(N)CN(C)Cc2cccnc2)c1. The molecule has 20 heavy (non-hydrogen) atoms. The van der Waals surface area contributed by atoms with Gasteiger partial charge in [0.05, 0.1) is 7.11 Å². The van der Waals surface area contributed by atoms with E-state index in [2.05, 4.69) is 23.0 Å². The number of rotatable bonds is 6. The van der Waals surface area contributed by atoms with Crippen LogP contribution in [0.3, 0.4) is 0 Å². The first-order chi connectivity index (χ1) is 9.69. The fourth-order valence-electron chi connectivity index (χ4n) is 2.18. The van der Waals surface area contributed by atoms with E-state index >= 15 is 0 Å². The van der Waals surface area contributed by atoms with Crippen LogP contribution in [0.5, 0.6) is 5.75 Å². The zero-order valence-electron chi connectivity index (χ0n) is 12.0. The molecule has 1 aromatic carbocycles. The Kier molecular flexibility index (Phi) is 5.09. The van der Waals surface area contributed by atoms with Crippen molar-refractivity contribution in [3.05, 3.63) is 59.9 Å². The third-order valence-corrected chi connectivity index (χ3v) is 3.21. The number of ether oxygens (including phenoxy) is 1. The van der Waals surface area contributed by atoms with Gasteiger partial charge >= 0.3 is 0 Å². The first kappa shape index (κ1) is 14.5. The summed E-state index contributed by atoms with van der Waals surface area (Å²) in [7, 11) is 3.73. The number of likely N-dealkylation sites (N-methyl/N-ethyl adjacent to an activating group) is 1. The lowest BCUT2D eigenvalue weighted by atomic mass is 10.1. The highest BCUT2D eigenvalue weighted by Crippen LogP contribution is 2.18. The van der Waals surface area contributed by atoms with Crippen LogP contribution in [0.4, 0.5) is 0 Å². The molecule has 2 N–H and O–H groups in total. The Bertz CT molecular complexity index is 530. The summed E-state index contributed by atoms with van der Waals surface area (Å²) >= 11 is 0. The van der Waals surface area contributed by atoms with Crippen molar-refractivity contribution in [3.8, 4) is 5.75 Å². The van der Waals surface area contributed by atoms with Crippen molar-refractivity contribution in [1.29, 1.82) is 0 Å². The number of aromatic nitrogens is 1. The zero-order chi connectivity index (χ0) is 14.4. The monoisotopic (exact) mass is 271 g/mol. The molecule has 0 spiro atoms. The molecular formula is C16H21N3O. The Morgan fingerprint density at radius 1 is 1.30 bits per heavy atom. The van der Waals surface area contributed by atoms with Gasteiger partial charge in [0.25, 0.3) is 0 Å². The molecule has 4 nitrogen and oxygen atoms in total. The molecule has 1 heterocycles. The predicted molar refractivity (Wildman–Crippen MR) is 80.5 cm³/mol. The van der Waals surface area contributed by atoms with Gasteiger partial charge in [-0.3, -0.25) is 4.98 Å². The van der Waals surface area contributed by atoms with Gasteiger partial charge in [-0.25, -0.2) is 0 Å². The first-order valence-electron chi connectivity index (χ1n) is 6.66. The average Bonchev–Trinajstić information content (AvgIpc) is 2.48. The Balaban J connectivity index is 1.94. The Morgan fingerprint density at radius 2 is 2.15 bits per heavy atom. The number of hydrogen-bond acceptors (Lipinski definition) is 4. The molecule has 0 radical (unpaired) electrons. The van der Waals surface area contributed by atoms with Gasteiger partial charge in [0.15, 0.2) is 0 Å². The summed E-state index contributed by atoms with van der Waals surface area (Å²) in [6.45, 7) is 1.62. The molecule has 106 valence electrons. The summed E-state index contributed by atoms with van der Waals surface area (Å²) in [5.74, 6) is 0.841. The number of nitrogens with zero attached hydrogens (tertiary/aromatic N) is 2. The van der Waals surface area contributed by atoms with E-state index in [1.54, 1.807) is 13.3 Å². The molecule has 0 amide bonds. The Hall–Kier alpha value is -1.91. The van der Waals surface area contributed by atoms with Crippen LogP contribution in [0.2, 0.25) is 0 Å². The third-order valence-electron chi connectivity index (χ3n) is 3.21. The molecule has 0 bridgehead atoms. The maximum absolute atomic E-state index is 6.26. The number of nitrogens with two attached hydrogens (primary N) is 1. The van der Waals surface area contributed by atoms with Crippen molar-refractivity contribution in [2.75, 3.05) is 20.7 Å². The largest absolute Gasteiger partial charge is 0.497 e. The maximum atomic E-state index is 6.26. The fraction of sp³-hybridized carbons (Fsp3) is 0.312. The summed E-state index contributed by atoms with van der Waals surface area (Å²) < 4.78 is 5.23. The molecular weight excluding hydrogens is 250 g/mol. The van der Waals surface area contributed by atoms with Crippen LogP contribution in [0.1, 0.15) is 17.2 Å². The van der Waals surface area contributed by atoms with E-state index in [9.17, 15) is 0 Å². The van der Waals surface area contributed by atoms with Crippen molar-refractivity contribution < 1.29 is 4.74 Å². The Labute approximate surface area is 120 Å². The van der Waals surface area contributed by atoms with Crippen molar-refractivity contribution in [2.45, 2.75) is 12.6 Å². The molecule has 0 saturated carbocycles. The molecule has 2 rings (SSSR count). The maximum Gasteiger partial charge on any atom is 0.119 e. The van der Waals surface area contributed by atoms with Gasteiger partial charge in [-0.05, 0) is 36.4 Å². The topological polar surface area (TPSA) is 51.4 Å². The van der Waals surface area contributed by atoms with Crippen molar-refractivity contribution in [3.63, 3.8) is 0 Å². The van der Waals surface area contributed by atoms with Gasteiger partial charge in [0, 0.05) is 31.5 Å². The van der Waals surface area contributed by atoms with Crippen molar-refractivity contribution in [1.82, 2.24) is 9.88 Å². The summed E-state index contributed by atoms with van der Waals surface area (Å²) in [5, 5.41) is 0. The Morgan fingerprint density at radius 3 is 2.85 bits per heavy atom. The lowest BCUT2D eigenvalue weighted by molar-refractivity contribution is 0.304. The molecule has 2 aromatic rings. The summed E-state index contributed by atoms with van der Waals surface area (Å²) in [6.07, 6.45) is 3.67. The second-order valence-electron chi connectivity index (χ2n) is 4.94. The molecule has 0 aliphatic carbocycles. The minimum atomic E-state index is -0.0354. The quantitative estimate of drug-likeness (QED) is 0.875. The van der Waals surface area contributed by atoms with Crippen LogP contribution >= 0.6 is 0 Å². The van der Waals surface area contributed by atoms with Gasteiger partial charge in [0.2, 0.25) is 0 Å². The zero-order valence-corrected chi connectivity index (χ0v) is 12.0. The highest BCUT2D eigenvalue weighted by molar-refractivity contribution is 5.30. The molecule has 0 aliphatic heterocycles. The van der Waals surface area contributed by atoms with Crippen LogP contribution in [-0.4, -0.2) is 30.6 Å². The van der Waals surface area contributed by atoms with E-state index in [-0.39, 0.29) is 6.04 Å². The normalized spacial score (nSPS) is 12.4. The minimum Gasteiger partial charge on any atom is -0.497 e. The molecule has 0 fully saturated rings. The van der Waals surface area contributed by atoms with Crippen molar-refractivity contribution >= 4 is 0 Å². The fourth-order valence-corrected chi connectivity index (χ4v) is 2.18. The number of hydrogen-bond donors (Lipinski definition) is 1. The molecule has 0 aliphatic rings. The van der Waals surface area contributed by atoms with Crippen LogP contribution < -0.4 is 10.5 Å². The third kappa shape index (κ3) is 4.05. The second-order valence-corrected chi connectivity index (χ2v) is 4.94. The molecule has 0 saturated heterocycles. The predicted octanol–water partition coefficient (Wildman–Crippen LogP) is 2.22. The van der Waals surface area contributed by atoms with Crippen LogP contribution in [0.25, 0.3) is 0 Å². The average molecular weight is 271 g/mol. The smallest absolute Gasteiger partial charge is 0.119 e. The second kappa shape index (κ2) is 7.03. The molecule has 1 aromatic heterocycles. The van der Waals surface area contributed by atoms with Crippen LogP contribution in [0, 0.1) is 0 Å². The molecule has 1 unspecified atom stereocenters. The van der Waals surface area contributed by atoms with E-state index in [4.69, 9.17) is 10.5 Å². The van der Waals surface area contributed by atoms with E-state index in [1.165, 1.54) is 5.56 Å². The molecule has 1 atom stereocenters. The van der Waals surface area contributed by atoms with Gasteiger partial charge in [0.1, 0.15) is 5.75 Å². The lowest BCUT2D eigenvalue weighted by Gasteiger charge is -2.21. The van der Waals surface area contributed by atoms with Gasteiger partial charge in [-0.15, -0.1) is 0 Å². The van der Waals surface area contributed by atoms with E-state index in [0.717, 1.165) is 24.4 Å². The summed E-state index contributed by atoms with van der Waals surface area (Å²) in [6, 6.07) is 11.9. The lowest BCUT2D eigenvalue weighted by Crippen LogP contribution is -2.28. The summed E-state index contributed by atoms with van der Waals surface area (Å²) in [4.78, 5) is 6.32. The standard InChI is InChI=1S/C16H21N3O/c1-19(11-13-5-4-8-18-10-13)12-16(17)14-6-3-7-15(9-14)20-2/h3-10,16H,11-12,17H2,1-2H3. The number of methoxy groups -OCH3 is 1. The van der Waals surface area contributed by atoms with E-state index < -0.39 is 0 Å². The van der Waals surface area contributed by atoms with E-state index in [1.807, 2.05) is 36.5 Å².